The predicted molar refractivity (Wildman–Crippen MR) is 90.7 cm³/mol. The van der Waals surface area contributed by atoms with E-state index in [1.165, 1.54) is 0 Å². The first-order chi connectivity index (χ1) is 11.1. The Labute approximate surface area is 136 Å². The van der Waals surface area contributed by atoms with Crippen molar-refractivity contribution in [3.8, 4) is 0 Å². The van der Waals surface area contributed by atoms with Gasteiger partial charge in [-0.3, -0.25) is 0 Å². The number of aromatic nitrogens is 2. The van der Waals surface area contributed by atoms with E-state index >= 15 is 0 Å². The lowest BCUT2D eigenvalue weighted by Crippen LogP contribution is -2.25. The summed E-state index contributed by atoms with van der Waals surface area (Å²) in [6.45, 7) is 3.06. The summed E-state index contributed by atoms with van der Waals surface area (Å²) in [5, 5.41) is 1.66. The fourth-order valence-corrected chi connectivity index (χ4v) is 3.91. The maximum absolute atomic E-state index is 12.5. The Morgan fingerprint density at radius 3 is 2.70 bits per heavy atom. The maximum Gasteiger partial charge on any atom is 0.241 e. The number of sulfonamides is 1. The second-order valence-electron chi connectivity index (χ2n) is 5.40. The summed E-state index contributed by atoms with van der Waals surface area (Å²) in [6.07, 6.45) is 4.35. The summed E-state index contributed by atoms with van der Waals surface area (Å²) in [5.41, 5.74) is 0. The zero-order valence-electron chi connectivity index (χ0n) is 12.9. The van der Waals surface area contributed by atoms with Crippen LogP contribution in [0.15, 0.2) is 59.8 Å². The second kappa shape index (κ2) is 6.52. The number of fused-ring (bicyclic) bond motifs is 1. The third-order valence-electron chi connectivity index (χ3n) is 3.83. The molecule has 1 heterocycles. The van der Waals surface area contributed by atoms with Crippen molar-refractivity contribution in [2.75, 3.05) is 6.54 Å². The molecule has 0 spiro atoms. The molecule has 0 bridgehead atoms. The first-order valence-electron chi connectivity index (χ1n) is 7.53. The highest BCUT2D eigenvalue weighted by Crippen LogP contribution is 2.22. The molecular formula is C17H19N3O2S. The number of imidazole rings is 1. The molecule has 0 fully saturated rings. The summed E-state index contributed by atoms with van der Waals surface area (Å²) in [7, 11) is -3.51. The molecule has 1 N–H and O–H groups in total. The topological polar surface area (TPSA) is 64.0 Å². The number of hydrogen-bond acceptors (Lipinski definition) is 3. The molecule has 0 radical (unpaired) electrons. The molecule has 0 aliphatic carbocycles. The molecule has 120 valence electrons. The molecule has 3 rings (SSSR count). The SMILES string of the molecule is Cc1nccn1CCCNS(=O)(=O)c1cccc2ccccc12. The van der Waals surface area contributed by atoms with Crippen LogP contribution >= 0.6 is 0 Å². The largest absolute Gasteiger partial charge is 0.335 e. The van der Waals surface area contributed by atoms with Gasteiger partial charge < -0.3 is 4.57 Å². The van der Waals surface area contributed by atoms with E-state index in [9.17, 15) is 8.42 Å². The first-order valence-corrected chi connectivity index (χ1v) is 9.01. The van der Waals surface area contributed by atoms with Crippen LogP contribution in [-0.4, -0.2) is 24.5 Å². The van der Waals surface area contributed by atoms with Gasteiger partial charge in [0.15, 0.2) is 0 Å². The quantitative estimate of drug-likeness (QED) is 0.707. The molecular weight excluding hydrogens is 310 g/mol. The van der Waals surface area contributed by atoms with Crippen molar-refractivity contribution in [2.45, 2.75) is 24.8 Å². The van der Waals surface area contributed by atoms with Crippen molar-refractivity contribution < 1.29 is 8.42 Å². The fourth-order valence-electron chi connectivity index (χ4n) is 2.60. The van der Waals surface area contributed by atoms with Crippen LogP contribution < -0.4 is 4.72 Å². The average molecular weight is 329 g/mol. The smallest absolute Gasteiger partial charge is 0.241 e. The van der Waals surface area contributed by atoms with Crippen molar-refractivity contribution in [2.24, 2.45) is 0 Å². The van der Waals surface area contributed by atoms with Crippen molar-refractivity contribution in [3.05, 3.63) is 60.7 Å². The van der Waals surface area contributed by atoms with Gasteiger partial charge in [-0.15, -0.1) is 0 Å². The highest BCUT2D eigenvalue weighted by Gasteiger charge is 2.16. The minimum atomic E-state index is -3.51. The minimum absolute atomic E-state index is 0.328. The maximum atomic E-state index is 12.5. The van der Waals surface area contributed by atoms with Crippen molar-refractivity contribution in [1.29, 1.82) is 0 Å². The van der Waals surface area contributed by atoms with Gasteiger partial charge in [0.2, 0.25) is 10.0 Å². The van der Waals surface area contributed by atoms with E-state index in [4.69, 9.17) is 0 Å². The Kier molecular flexibility index (Phi) is 4.45. The van der Waals surface area contributed by atoms with E-state index in [2.05, 4.69) is 9.71 Å². The molecule has 1 aromatic heterocycles. The monoisotopic (exact) mass is 329 g/mol. The number of nitrogens with one attached hydrogen (secondary N) is 1. The van der Waals surface area contributed by atoms with Gasteiger partial charge in [-0.05, 0) is 24.8 Å². The van der Waals surface area contributed by atoms with Gasteiger partial charge in [-0.1, -0.05) is 36.4 Å². The Morgan fingerprint density at radius 1 is 1.13 bits per heavy atom. The lowest BCUT2D eigenvalue weighted by molar-refractivity contribution is 0.568. The second-order valence-corrected chi connectivity index (χ2v) is 7.13. The normalized spacial score (nSPS) is 11.9. The zero-order valence-corrected chi connectivity index (χ0v) is 13.8. The summed E-state index contributed by atoms with van der Waals surface area (Å²) >= 11 is 0. The van der Waals surface area contributed by atoms with Crippen LogP contribution in [0.2, 0.25) is 0 Å². The molecule has 5 nitrogen and oxygen atoms in total. The third kappa shape index (κ3) is 3.43. The highest BCUT2D eigenvalue weighted by molar-refractivity contribution is 7.89. The van der Waals surface area contributed by atoms with Crippen LogP contribution in [0.1, 0.15) is 12.2 Å². The minimum Gasteiger partial charge on any atom is -0.335 e. The Bertz CT molecular complexity index is 911. The van der Waals surface area contributed by atoms with Gasteiger partial charge >= 0.3 is 0 Å². The van der Waals surface area contributed by atoms with E-state index in [1.54, 1.807) is 18.3 Å². The van der Waals surface area contributed by atoms with E-state index in [0.29, 0.717) is 17.9 Å². The summed E-state index contributed by atoms with van der Waals surface area (Å²) in [5.74, 6) is 0.932. The average Bonchev–Trinajstić information content (AvgIpc) is 2.96. The summed E-state index contributed by atoms with van der Waals surface area (Å²) < 4.78 is 29.8. The van der Waals surface area contributed by atoms with Crippen LogP contribution in [0, 0.1) is 6.92 Å². The predicted octanol–water partition coefficient (Wildman–Crippen LogP) is 2.71. The van der Waals surface area contributed by atoms with Crippen molar-refractivity contribution in [1.82, 2.24) is 14.3 Å². The van der Waals surface area contributed by atoms with Gasteiger partial charge in [-0.25, -0.2) is 18.1 Å². The van der Waals surface area contributed by atoms with E-state index in [0.717, 1.165) is 23.1 Å². The van der Waals surface area contributed by atoms with Crippen molar-refractivity contribution in [3.63, 3.8) is 0 Å². The highest BCUT2D eigenvalue weighted by atomic mass is 32.2. The molecule has 2 aromatic carbocycles. The molecule has 3 aromatic rings. The van der Waals surface area contributed by atoms with E-state index in [1.807, 2.05) is 48.0 Å². The molecule has 23 heavy (non-hydrogen) atoms. The van der Waals surface area contributed by atoms with Gasteiger partial charge in [0.1, 0.15) is 5.82 Å². The summed E-state index contributed by atoms with van der Waals surface area (Å²) in [6, 6.07) is 12.8. The zero-order chi connectivity index (χ0) is 16.3. The number of nitrogens with zero attached hydrogens (tertiary/aromatic N) is 2. The molecule has 0 amide bonds. The molecule has 0 unspecified atom stereocenters. The van der Waals surface area contributed by atoms with Crippen LogP contribution in [0.25, 0.3) is 10.8 Å². The first kappa shape index (κ1) is 15.7. The van der Waals surface area contributed by atoms with Crippen LogP contribution in [0.5, 0.6) is 0 Å². The number of benzene rings is 2. The van der Waals surface area contributed by atoms with Gasteiger partial charge in [0, 0.05) is 30.9 Å². The van der Waals surface area contributed by atoms with Gasteiger partial charge in [0.05, 0.1) is 4.90 Å². The lowest BCUT2D eigenvalue weighted by atomic mass is 10.1. The Balaban J connectivity index is 1.70. The van der Waals surface area contributed by atoms with E-state index in [-0.39, 0.29) is 0 Å². The Hall–Kier alpha value is -2.18. The molecule has 0 saturated heterocycles. The third-order valence-corrected chi connectivity index (χ3v) is 5.35. The molecule has 0 aliphatic rings. The molecule has 0 atom stereocenters. The summed E-state index contributed by atoms with van der Waals surface area (Å²) in [4.78, 5) is 4.48. The van der Waals surface area contributed by atoms with E-state index < -0.39 is 10.0 Å². The molecule has 0 saturated carbocycles. The lowest BCUT2D eigenvalue weighted by Gasteiger charge is -2.10. The molecule has 0 aliphatic heterocycles. The van der Waals surface area contributed by atoms with Gasteiger partial charge in [0.25, 0.3) is 0 Å². The molecule has 6 heteroatoms. The van der Waals surface area contributed by atoms with Crippen LogP contribution in [0.3, 0.4) is 0 Å². The van der Waals surface area contributed by atoms with Gasteiger partial charge in [-0.2, -0.15) is 0 Å². The number of rotatable bonds is 6. The van der Waals surface area contributed by atoms with Crippen LogP contribution in [-0.2, 0) is 16.6 Å². The number of aryl methyl sites for hydroxylation is 2. The standard InChI is InChI=1S/C17H19N3O2S/c1-14-18-11-13-20(14)12-5-10-19-23(21,22)17-9-4-7-15-6-2-3-8-16(15)17/h2-4,6-9,11,13,19H,5,10,12H2,1H3. The van der Waals surface area contributed by atoms with Crippen molar-refractivity contribution >= 4 is 20.8 Å². The Morgan fingerprint density at radius 2 is 1.91 bits per heavy atom. The van der Waals surface area contributed by atoms with Crippen LogP contribution in [0.4, 0.5) is 0 Å². The number of hydrogen-bond donors (Lipinski definition) is 1. The fraction of sp³-hybridized carbons (Fsp3) is 0.235.